The van der Waals surface area contributed by atoms with E-state index < -0.39 is 0 Å². The standard InChI is InChI=1S/C15H18ClN5OS/c1-20(9-14-18-6-4-13(17)19-14)10-5-7-21(8-10)15(22)11-2-3-12(16)23-11/h2-4,6,10H,5,7-9H2,1H3,(H2,17,18,19). The van der Waals surface area contributed by atoms with E-state index in [2.05, 4.69) is 14.9 Å². The molecular weight excluding hydrogens is 334 g/mol. The van der Waals surface area contributed by atoms with Gasteiger partial charge in [0, 0.05) is 25.3 Å². The summed E-state index contributed by atoms with van der Waals surface area (Å²) in [6, 6.07) is 5.51. The van der Waals surface area contributed by atoms with Gasteiger partial charge in [0.25, 0.3) is 5.91 Å². The first-order chi connectivity index (χ1) is 11.0. The monoisotopic (exact) mass is 351 g/mol. The molecule has 1 atom stereocenters. The Kier molecular flexibility index (Phi) is 4.79. The number of thiophene rings is 1. The van der Waals surface area contributed by atoms with Gasteiger partial charge in [-0.2, -0.15) is 0 Å². The fourth-order valence-corrected chi connectivity index (χ4v) is 3.73. The lowest BCUT2D eigenvalue weighted by Crippen LogP contribution is -2.36. The minimum Gasteiger partial charge on any atom is -0.384 e. The Balaban J connectivity index is 1.59. The van der Waals surface area contributed by atoms with E-state index >= 15 is 0 Å². The van der Waals surface area contributed by atoms with Crippen LogP contribution in [0.5, 0.6) is 0 Å². The Morgan fingerprint density at radius 1 is 1.52 bits per heavy atom. The molecule has 0 bridgehead atoms. The van der Waals surface area contributed by atoms with E-state index in [-0.39, 0.29) is 5.91 Å². The van der Waals surface area contributed by atoms with Crippen LogP contribution in [-0.4, -0.2) is 51.9 Å². The molecule has 0 radical (unpaired) electrons. The molecule has 0 saturated carbocycles. The number of likely N-dealkylation sites (N-methyl/N-ethyl adjacent to an activating group) is 1. The van der Waals surface area contributed by atoms with Crippen molar-refractivity contribution in [3.05, 3.63) is 39.4 Å². The quantitative estimate of drug-likeness (QED) is 0.913. The number of likely N-dealkylation sites (tertiary alicyclic amines) is 1. The van der Waals surface area contributed by atoms with Crippen LogP contribution in [0.2, 0.25) is 4.34 Å². The number of carbonyl (C=O) groups excluding carboxylic acids is 1. The van der Waals surface area contributed by atoms with E-state index in [0.29, 0.717) is 40.0 Å². The van der Waals surface area contributed by atoms with Crippen molar-refractivity contribution in [2.75, 3.05) is 25.9 Å². The number of hydrogen-bond acceptors (Lipinski definition) is 6. The average molecular weight is 352 g/mol. The minimum atomic E-state index is 0.0537. The van der Waals surface area contributed by atoms with Crippen LogP contribution < -0.4 is 5.73 Å². The fourth-order valence-electron chi connectivity index (χ4n) is 2.71. The molecule has 8 heteroatoms. The normalized spacial score (nSPS) is 17.9. The van der Waals surface area contributed by atoms with Crippen LogP contribution in [0.25, 0.3) is 0 Å². The highest BCUT2D eigenvalue weighted by Crippen LogP contribution is 2.25. The highest BCUT2D eigenvalue weighted by atomic mass is 35.5. The van der Waals surface area contributed by atoms with Crippen LogP contribution in [0.15, 0.2) is 24.4 Å². The second kappa shape index (κ2) is 6.82. The van der Waals surface area contributed by atoms with E-state index in [1.54, 1.807) is 24.4 Å². The second-order valence-electron chi connectivity index (χ2n) is 5.61. The zero-order valence-corrected chi connectivity index (χ0v) is 14.3. The molecular formula is C15H18ClN5OS. The van der Waals surface area contributed by atoms with E-state index in [9.17, 15) is 4.79 Å². The Morgan fingerprint density at radius 3 is 3.04 bits per heavy atom. The van der Waals surface area contributed by atoms with Crippen LogP contribution >= 0.6 is 22.9 Å². The molecule has 1 amide bonds. The number of hydrogen-bond donors (Lipinski definition) is 1. The number of nitrogen functional groups attached to an aromatic ring is 1. The summed E-state index contributed by atoms with van der Waals surface area (Å²) in [7, 11) is 2.02. The Hall–Kier alpha value is -1.70. The third-order valence-corrected chi connectivity index (χ3v) is 5.19. The summed E-state index contributed by atoms with van der Waals surface area (Å²) in [6.07, 6.45) is 2.60. The van der Waals surface area contributed by atoms with Crippen LogP contribution in [-0.2, 0) is 6.54 Å². The molecule has 2 aromatic heterocycles. The molecule has 1 aliphatic heterocycles. The predicted molar refractivity (Wildman–Crippen MR) is 91.5 cm³/mol. The largest absolute Gasteiger partial charge is 0.384 e. The summed E-state index contributed by atoms with van der Waals surface area (Å²) >= 11 is 7.23. The van der Waals surface area contributed by atoms with Crippen molar-refractivity contribution in [2.24, 2.45) is 0 Å². The number of halogens is 1. The number of aromatic nitrogens is 2. The first kappa shape index (κ1) is 16.2. The molecule has 0 spiro atoms. The second-order valence-corrected chi connectivity index (χ2v) is 7.33. The number of nitrogens with zero attached hydrogens (tertiary/aromatic N) is 4. The van der Waals surface area contributed by atoms with Gasteiger partial charge >= 0.3 is 0 Å². The van der Waals surface area contributed by atoms with Gasteiger partial charge in [0.2, 0.25) is 0 Å². The van der Waals surface area contributed by atoms with Crippen molar-refractivity contribution in [2.45, 2.75) is 19.0 Å². The van der Waals surface area contributed by atoms with Crippen molar-refractivity contribution >= 4 is 34.7 Å². The molecule has 0 aromatic carbocycles. The van der Waals surface area contributed by atoms with Gasteiger partial charge in [-0.25, -0.2) is 9.97 Å². The molecule has 2 aromatic rings. The lowest BCUT2D eigenvalue weighted by atomic mass is 10.2. The van der Waals surface area contributed by atoms with Crippen LogP contribution in [0.4, 0.5) is 5.82 Å². The third kappa shape index (κ3) is 3.80. The van der Waals surface area contributed by atoms with Gasteiger partial charge in [0.1, 0.15) is 11.6 Å². The van der Waals surface area contributed by atoms with Crippen molar-refractivity contribution in [3.63, 3.8) is 0 Å². The number of rotatable bonds is 4. The summed E-state index contributed by atoms with van der Waals surface area (Å²) in [5.74, 6) is 1.22. The van der Waals surface area contributed by atoms with Gasteiger partial charge < -0.3 is 10.6 Å². The Morgan fingerprint density at radius 2 is 2.35 bits per heavy atom. The summed E-state index contributed by atoms with van der Waals surface area (Å²) in [5, 5.41) is 0. The lowest BCUT2D eigenvalue weighted by Gasteiger charge is -2.23. The van der Waals surface area contributed by atoms with Gasteiger partial charge in [0.05, 0.1) is 15.8 Å². The maximum absolute atomic E-state index is 12.4. The average Bonchev–Trinajstić information content (AvgIpc) is 3.15. The zero-order chi connectivity index (χ0) is 16.4. The maximum atomic E-state index is 12.4. The smallest absolute Gasteiger partial charge is 0.264 e. The summed E-state index contributed by atoms with van der Waals surface area (Å²) < 4.78 is 0.639. The van der Waals surface area contributed by atoms with E-state index in [1.807, 2.05) is 11.9 Å². The van der Waals surface area contributed by atoms with Gasteiger partial charge in [-0.3, -0.25) is 9.69 Å². The number of anilines is 1. The number of nitrogens with two attached hydrogens (primary N) is 1. The molecule has 23 heavy (non-hydrogen) atoms. The molecule has 122 valence electrons. The zero-order valence-electron chi connectivity index (χ0n) is 12.8. The molecule has 1 saturated heterocycles. The number of carbonyl (C=O) groups is 1. The SMILES string of the molecule is CN(Cc1nccc(N)n1)C1CCN(C(=O)c2ccc(Cl)s2)C1. The highest BCUT2D eigenvalue weighted by molar-refractivity contribution is 7.17. The molecule has 1 fully saturated rings. The van der Waals surface area contributed by atoms with E-state index in [1.165, 1.54) is 11.3 Å². The molecule has 3 rings (SSSR count). The summed E-state index contributed by atoms with van der Waals surface area (Å²) in [5.41, 5.74) is 5.68. The molecule has 1 aliphatic rings. The predicted octanol–water partition coefficient (Wildman–Crippen LogP) is 2.12. The van der Waals surface area contributed by atoms with Crippen molar-refractivity contribution in [1.29, 1.82) is 0 Å². The molecule has 2 N–H and O–H groups in total. The summed E-state index contributed by atoms with van der Waals surface area (Å²) in [6.45, 7) is 2.07. The Labute approximate surface area is 143 Å². The molecule has 3 heterocycles. The van der Waals surface area contributed by atoms with E-state index in [0.717, 1.165) is 13.0 Å². The van der Waals surface area contributed by atoms with Gasteiger partial charge in [0.15, 0.2) is 0 Å². The van der Waals surface area contributed by atoms with Crippen LogP contribution in [0.3, 0.4) is 0 Å². The molecule has 0 aliphatic carbocycles. The number of amides is 1. The van der Waals surface area contributed by atoms with Crippen LogP contribution in [0, 0.1) is 0 Å². The fraction of sp³-hybridized carbons (Fsp3) is 0.400. The first-order valence-electron chi connectivity index (χ1n) is 7.35. The van der Waals surface area contributed by atoms with E-state index in [4.69, 9.17) is 17.3 Å². The first-order valence-corrected chi connectivity index (χ1v) is 8.54. The van der Waals surface area contributed by atoms with Crippen molar-refractivity contribution in [1.82, 2.24) is 19.8 Å². The topological polar surface area (TPSA) is 75.4 Å². The minimum absolute atomic E-state index is 0.0537. The highest BCUT2D eigenvalue weighted by Gasteiger charge is 2.30. The molecule has 1 unspecified atom stereocenters. The lowest BCUT2D eigenvalue weighted by molar-refractivity contribution is 0.0784. The van der Waals surface area contributed by atoms with Gasteiger partial charge in [-0.05, 0) is 31.7 Å². The third-order valence-electron chi connectivity index (χ3n) is 3.98. The van der Waals surface area contributed by atoms with Crippen molar-refractivity contribution < 1.29 is 4.79 Å². The van der Waals surface area contributed by atoms with Gasteiger partial charge in [-0.15, -0.1) is 11.3 Å². The van der Waals surface area contributed by atoms with Crippen LogP contribution in [0.1, 0.15) is 21.9 Å². The Bertz CT molecular complexity index is 707. The van der Waals surface area contributed by atoms with Gasteiger partial charge in [-0.1, -0.05) is 11.6 Å². The van der Waals surface area contributed by atoms with Crippen molar-refractivity contribution in [3.8, 4) is 0 Å². The molecule has 6 nitrogen and oxygen atoms in total. The summed E-state index contributed by atoms with van der Waals surface area (Å²) in [4.78, 5) is 25.6. The maximum Gasteiger partial charge on any atom is 0.264 e.